The van der Waals surface area contributed by atoms with Crippen molar-refractivity contribution in [2.24, 2.45) is 0 Å². The second-order valence-corrected chi connectivity index (χ2v) is 6.14. The zero-order chi connectivity index (χ0) is 12.0. The van der Waals surface area contributed by atoms with Crippen molar-refractivity contribution in [3.8, 4) is 0 Å². The van der Waals surface area contributed by atoms with Crippen LogP contribution < -0.4 is 5.32 Å². The van der Waals surface area contributed by atoms with Gasteiger partial charge in [0.15, 0.2) is 0 Å². The fourth-order valence-electron chi connectivity index (χ4n) is 2.09. The quantitative estimate of drug-likeness (QED) is 0.710. The normalized spacial score (nSPS) is 22.2. The summed E-state index contributed by atoms with van der Waals surface area (Å²) in [4.78, 5) is 0. The summed E-state index contributed by atoms with van der Waals surface area (Å²) in [6.07, 6.45) is 4.33. The molecule has 0 bridgehead atoms. The summed E-state index contributed by atoms with van der Waals surface area (Å²) in [5.41, 5.74) is 0. The molecule has 0 radical (unpaired) electrons. The lowest BCUT2D eigenvalue weighted by Gasteiger charge is -2.33. The molecule has 94 valence electrons. The monoisotopic (exact) mass is 246 g/mol. The summed E-state index contributed by atoms with van der Waals surface area (Å²) in [6.45, 7) is 7.90. The minimum absolute atomic E-state index is 0.0451. The molecule has 1 fully saturated rings. The average Bonchev–Trinajstić information content (AvgIpc) is 2.27. The number of rotatable bonds is 6. The first-order valence-electron chi connectivity index (χ1n) is 5.93. The van der Waals surface area contributed by atoms with E-state index in [0.29, 0.717) is 6.54 Å². The first kappa shape index (κ1) is 13.7. The summed E-state index contributed by atoms with van der Waals surface area (Å²) in [5, 5.41) is 3.26. The number of hydrogen-bond acceptors (Lipinski definition) is 3. The van der Waals surface area contributed by atoms with E-state index in [1.165, 1.54) is 6.08 Å². The molecule has 1 saturated heterocycles. The molecule has 1 rings (SSSR count). The molecular weight excluding hydrogens is 224 g/mol. The average molecular weight is 246 g/mol. The van der Waals surface area contributed by atoms with Gasteiger partial charge in [-0.1, -0.05) is 13.0 Å². The van der Waals surface area contributed by atoms with Crippen molar-refractivity contribution < 1.29 is 8.42 Å². The highest BCUT2D eigenvalue weighted by atomic mass is 32.2. The molecule has 0 aromatic rings. The highest BCUT2D eigenvalue weighted by Crippen LogP contribution is 2.15. The second-order valence-electron chi connectivity index (χ2n) is 4.18. The molecule has 0 aromatic carbocycles. The Morgan fingerprint density at radius 1 is 1.56 bits per heavy atom. The van der Waals surface area contributed by atoms with E-state index < -0.39 is 10.0 Å². The molecule has 0 amide bonds. The molecule has 1 atom stereocenters. The smallest absolute Gasteiger partial charge is 0.217 e. The van der Waals surface area contributed by atoms with E-state index in [-0.39, 0.29) is 11.8 Å². The summed E-state index contributed by atoms with van der Waals surface area (Å²) in [7, 11) is -3.16. The topological polar surface area (TPSA) is 49.4 Å². The lowest BCUT2D eigenvalue weighted by molar-refractivity contribution is 0.266. The molecule has 16 heavy (non-hydrogen) atoms. The van der Waals surface area contributed by atoms with Crippen LogP contribution in [-0.4, -0.2) is 44.2 Å². The van der Waals surface area contributed by atoms with E-state index in [0.717, 1.165) is 32.4 Å². The van der Waals surface area contributed by atoms with Crippen molar-refractivity contribution in [3.05, 3.63) is 12.7 Å². The Morgan fingerprint density at radius 3 is 2.81 bits per heavy atom. The van der Waals surface area contributed by atoms with E-state index in [2.05, 4.69) is 11.9 Å². The third-order valence-electron chi connectivity index (χ3n) is 2.81. The maximum Gasteiger partial charge on any atom is 0.217 e. The summed E-state index contributed by atoms with van der Waals surface area (Å²) >= 11 is 0. The zero-order valence-corrected chi connectivity index (χ0v) is 10.8. The first-order chi connectivity index (χ1) is 7.61. The van der Waals surface area contributed by atoms with Crippen LogP contribution in [0.3, 0.4) is 0 Å². The molecule has 1 aliphatic heterocycles. The Balaban J connectivity index is 2.75. The Kier molecular flexibility index (Phi) is 5.44. The van der Waals surface area contributed by atoms with Gasteiger partial charge in [0, 0.05) is 19.1 Å². The van der Waals surface area contributed by atoms with Crippen molar-refractivity contribution in [2.75, 3.05) is 25.4 Å². The standard InChI is InChI=1S/C11H22N2O2S/c1-3-8-13(16(14,15)9-4-2)11-6-5-7-12-10-11/h4,11-12H,2-3,5-10H2,1H3. The summed E-state index contributed by atoms with van der Waals surface area (Å²) < 4.78 is 25.7. The van der Waals surface area contributed by atoms with Crippen LogP contribution in [0, 0.1) is 0 Å². The van der Waals surface area contributed by atoms with Crippen LogP contribution >= 0.6 is 0 Å². The van der Waals surface area contributed by atoms with Gasteiger partial charge in [0.2, 0.25) is 10.0 Å². The van der Waals surface area contributed by atoms with Crippen molar-refractivity contribution >= 4 is 10.0 Å². The highest BCUT2D eigenvalue weighted by Gasteiger charge is 2.29. The molecule has 1 heterocycles. The molecule has 1 N–H and O–H groups in total. The second kappa shape index (κ2) is 6.37. The molecule has 0 aromatic heterocycles. The van der Waals surface area contributed by atoms with Gasteiger partial charge in [0.25, 0.3) is 0 Å². The molecular formula is C11H22N2O2S. The molecule has 1 unspecified atom stereocenters. The highest BCUT2D eigenvalue weighted by molar-refractivity contribution is 7.89. The number of hydrogen-bond donors (Lipinski definition) is 1. The molecule has 4 nitrogen and oxygen atoms in total. The van der Waals surface area contributed by atoms with Gasteiger partial charge < -0.3 is 5.32 Å². The summed E-state index contributed by atoms with van der Waals surface area (Å²) in [5.74, 6) is 0.0451. The maximum absolute atomic E-state index is 12.0. The minimum atomic E-state index is -3.16. The van der Waals surface area contributed by atoms with E-state index in [1.807, 2.05) is 6.92 Å². The molecule has 0 saturated carbocycles. The van der Waals surface area contributed by atoms with Crippen LogP contribution in [0.5, 0.6) is 0 Å². The SMILES string of the molecule is C=CCS(=O)(=O)N(CCC)C1CCCNC1. The van der Waals surface area contributed by atoms with Gasteiger partial charge in [-0.2, -0.15) is 4.31 Å². The van der Waals surface area contributed by atoms with Gasteiger partial charge in [-0.25, -0.2) is 8.42 Å². The van der Waals surface area contributed by atoms with Crippen LogP contribution in [0.25, 0.3) is 0 Å². The Hall–Kier alpha value is -0.390. The van der Waals surface area contributed by atoms with Crippen LogP contribution in [-0.2, 0) is 10.0 Å². The van der Waals surface area contributed by atoms with Gasteiger partial charge in [0.1, 0.15) is 0 Å². The number of sulfonamides is 1. The van der Waals surface area contributed by atoms with Crippen molar-refractivity contribution in [1.29, 1.82) is 0 Å². The van der Waals surface area contributed by atoms with Crippen molar-refractivity contribution in [2.45, 2.75) is 32.2 Å². The third-order valence-corrected chi connectivity index (χ3v) is 4.66. The number of nitrogens with one attached hydrogen (secondary N) is 1. The van der Waals surface area contributed by atoms with Gasteiger partial charge in [-0.05, 0) is 25.8 Å². The number of nitrogens with zero attached hydrogens (tertiary/aromatic N) is 1. The molecule has 0 aliphatic carbocycles. The van der Waals surface area contributed by atoms with Gasteiger partial charge >= 0.3 is 0 Å². The fourth-order valence-corrected chi connectivity index (χ4v) is 3.68. The Labute approximate surface area is 98.8 Å². The summed E-state index contributed by atoms with van der Waals surface area (Å²) in [6, 6.07) is 0.124. The largest absolute Gasteiger partial charge is 0.315 e. The van der Waals surface area contributed by atoms with Crippen LogP contribution in [0.2, 0.25) is 0 Å². The van der Waals surface area contributed by atoms with Gasteiger partial charge in [-0.3, -0.25) is 0 Å². The Morgan fingerprint density at radius 2 is 2.31 bits per heavy atom. The minimum Gasteiger partial charge on any atom is -0.315 e. The van der Waals surface area contributed by atoms with Gasteiger partial charge in [-0.15, -0.1) is 6.58 Å². The van der Waals surface area contributed by atoms with E-state index >= 15 is 0 Å². The van der Waals surface area contributed by atoms with Crippen molar-refractivity contribution in [1.82, 2.24) is 9.62 Å². The van der Waals surface area contributed by atoms with Crippen LogP contribution in [0.4, 0.5) is 0 Å². The zero-order valence-electron chi connectivity index (χ0n) is 9.98. The lowest BCUT2D eigenvalue weighted by Crippen LogP contribution is -2.49. The lowest BCUT2D eigenvalue weighted by atomic mass is 10.1. The fraction of sp³-hybridized carbons (Fsp3) is 0.818. The first-order valence-corrected chi connectivity index (χ1v) is 7.54. The molecule has 5 heteroatoms. The molecule has 1 aliphatic rings. The Bertz CT molecular complexity index is 308. The predicted molar refractivity (Wildman–Crippen MR) is 66.9 cm³/mol. The maximum atomic E-state index is 12.0. The van der Waals surface area contributed by atoms with Crippen molar-refractivity contribution in [3.63, 3.8) is 0 Å². The predicted octanol–water partition coefficient (Wildman–Crippen LogP) is 0.966. The van der Waals surface area contributed by atoms with Gasteiger partial charge in [0.05, 0.1) is 5.75 Å². The van der Waals surface area contributed by atoms with Crippen LogP contribution in [0.15, 0.2) is 12.7 Å². The number of piperidine rings is 1. The van der Waals surface area contributed by atoms with E-state index in [9.17, 15) is 8.42 Å². The van der Waals surface area contributed by atoms with Crippen LogP contribution in [0.1, 0.15) is 26.2 Å². The van der Waals surface area contributed by atoms with E-state index in [4.69, 9.17) is 0 Å². The molecule has 0 spiro atoms. The third kappa shape index (κ3) is 3.57. The van der Waals surface area contributed by atoms with E-state index in [1.54, 1.807) is 4.31 Å².